The lowest BCUT2D eigenvalue weighted by molar-refractivity contribution is 0.425. The first-order valence-electron chi connectivity index (χ1n) is 7.14. The summed E-state index contributed by atoms with van der Waals surface area (Å²) in [6.45, 7) is 15.2. The highest BCUT2D eigenvalue weighted by atomic mass is 28.4. The van der Waals surface area contributed by atoms with Crippen molar-refractivity contribution in [3.63, 3.8) is 0 Å². The van der Waals surface area contributed by atoms with Gasteiger partial charge in [0.05, 0.1) is 0 Å². The first-order valence-corrected chi connectivity index (χ1v) is 10.1. The number of hydrogen-bond acceptors (Lipinski definition) is 3. The van der Waals surface area contributed by atoms with Crippen molar-refractivity contribution in [1.29, 1.82) is 0 Å². The summed E-state index contributed by atoms with van der Waals surface area (Å²) in [5.74, 6) is 1.14. The maximum atomic E-state index is 9.31. The summed E-state index contributed by atoms with van der Waals surface area (Å²) in [5, 5.41) is 18.7. The van der Waals surface area contributed by atoms with Gasteiger partial charge in [0.2, 0.25) is 8.32 Å². The molecule has 0 radical (unpaired) electrons. The van der Waals surface area contributed by atoms with Gasteiger partial charge >= 0.3 is 7.12 Å². The minimum absolute atomic E-state index is 0.135. The molecule has 1 aromatic rings. The second-order valence-electron chi connectivity index (χ2n) is 7.19. The van der Waals surface area contributed by atoms with Crippen LogP contribution < -0.4 is 9.89 Å². The molecule has 3 nitrogen and oxygen atoms in total. The Bertz CT molecular complexity index is 465. The van der Waals surface area contributed by atoms with Gasteiger partial charge in [0, 0.05) is 0 Å². The van der Waals surface area contributed by atoms with Crippen LogP contribution in [0.25, 0.3) is 0 Å². The van der Waals surface area contributed by atoms with Crippen LogP contribution in [0.4, 0.5) is 0 Å². The zero-order chi connectivity index (χ0) is 15.7. The SMILES string of the molecule is CC(C)c1cc(B(O)O)ccc1O[Si](C)(C)C(C)(C)C. The smallest absolute Gasteiger partial charge is 0.488 e. The molecule has 0 saturated carbocycles. The fourth-order valence-corrected chi connectivity index (χ4v) is 2.74. The minimum atomic E-state index is -1.89. The fourth-order valence-electron chi connectivity index (χ4n) is 1.70. The Hall–Kier alpha value is -0.778. The second-order valence-corrected chi connectivity index (χ2v) is 11.9. The van der Waals surface area contributed by atoms with Gasteiger partial charge in [-0.15, -0.1) is 0 Å². The fraction of sp³-hybridized carbons (Fsp3) is 0.600. The highest BCUT2D eigenvalue weighted by Gasteiger charge is 2.39. The van der Waals surface area contributed by atoms with E-state index in [-0.39, 0.29) is 11.0 Å². The Balaban J connectivity index is 3.19. The maximum absolute atomic E-state index is 9.31. The third-order valence-corrected chi connectivity index (χ3v) is 8.47. The van der Waals surface area contributed by atoms with E-state index in [0.717, 1.165) is 11.3 Å². The molecule has 0 aliphatic rings. The quantitative estimate of drug-likeness (QED) is 0.840. The highest BCUT2D eigenvalue weighted by Crippen LogP contribution is 2.39. The van der Waals surface area contributed by atoms with Crippen LogP contribution in [0.5, 0.6) is 5.75 Å². The largest absolute Gasteiger partial charge is 0.543 e. The molecule has 0 bridgehead atoms. The van der Waals surface area contributed by atoms with E-state index in [1.165, 1.54) is 0 Å². The predicted molar refractivity (Wildman–Crippen MR) is 88.2 cm³/mol. The zero-order valence-electron chi connectivity index (χ0n) is 13.7. The zero-order valence-corrected chi connectivity index (χ0v) is 14.7. The van der Waals surface area contributed by atoms with E-state index in [4.69, 9.17) is 4.43 Å². The van der Waals surface area contributed by atoms with Crippen molar-refractivity contribution in [3.05, 3.63) is 23.8 Å². The number of rotatable bonds is 4. The lowest BCUT2D eigenvalue weighted by Crippen LogP contribution is -2.44. The van der Waals surface area contributed by atoms with Gasteiger partial charge in [0.1, 0.15) is 5.75 Å². The molecule has 0 amide bonds. The summed E-state index contributed by atoms with van der Waals surface area (Å²) in [6, 6.07) is 5.42. The Labute approximate surface area is 124 Å². The van der Waals surface area contributed by atoms with Gasteiger partial charge in [-0.25, -0.2) is 0 Å². The highest BCUT2D eigenvalue weighted by molar-refractivity contribution is 6.74. The van der Waals surface area contributed by atoms with Crippen LogP contribution in [0.2, 0.25) is 18.1 Å². The number of benzene rings is 1. The molecular formula is C15H27BO3Si. The van der Waals surface area contributed by atoms with Crippen molar-refractivity contribution in [3.8, 4) is 5.75 Å². The predicted octanol–water partition coefficient (Wildman–Crippen LogP) is 2.87. The van der Waals surface area contributed by atoms with Gasteiger partial charge in [0.15, 0.2) is 0 Å². The number of hydrogen-bond donors (Lipinski definition) is 2. The van der Waals surface area contributed by atoms with E-state index in [0.29, 0.717) is 5.46 Å². The van der Waals surface area contributed by atoms with E-state index < -0.39 is 15.4 Å². The Morgan fingerprint density at radius 2 is 1.70 bits per heavy atom. The summed E-state index contributed by atoms with van der Waals surface area (Å²) < 4.78 is 6.37. The van der Waals surface area contributed by atoms with Crippen LogP contribution in [0.3, 0.4) is 0 Å². The molecule has 20 heavy (non-hydrogen) atoms. The van der Waals surface area contributed by atoms with Gasteiger partial charge < -0.3 is 14.5 Å². The average Bonchev–Trinajstić information content (AvgIpc) is 2.26. The van der Waals surface area contributed by atoms with E-state index >= 15 is 0 Å². The molecule has 1 rings (SSSR count). The summed E-state index contributed by atoms with van der Waals surface area (Å²) in [6.07, 6.45) is 0. The summed E-state index contributed by atoms with van der Waals surface area (Å²) in [5.41, 5.74) is 1.54. The lowest BCUT2D eigenvalue weighted by atomic mass is 9.78. The third kappa shape index (κ3) is 3.87. The van der Waals surface area contributed by atoms with Crippen LogP contribution >= 0.6 is 0 Å². The molecule has 0 heterocycles. The topological polar surface area (TPSA) is 49.7 Å². The molecule has 0 aliphatic carbocycles. The van der Waals surface area contributed by atoms with Crippen molar-refractivity contribution < 1.29 is 14.5 Å². The molecule has 0 fully saturated rings. The molecule has 0 atom stereocenters. The van der Waals surface area contributed by atoms with Gasteiger partial charge in [-0.2, -0.15) is 0 Å². The van der Waals surface area contributed by atoms with Crippen LogP contribution in [0.15, 0.2) is 18.2 Å². The molecule has 5 heteroatoms. The van der Waals surface area contributed by atoms with E-state index in [9.17, 15) is 10.0 Å². The van der Waals surface area contributed by atoms with Crippen LogP contribution in [-0.4, -0.2) is 25.5 Å². The molecule has 0 unspecified atom stereocenters. The van der Waals surface area contributed by atoms with E-state index in [1.807, 2.05) is 12.1 Å². The third-order valence-electron chi connectivity index (χ3n) is 4.13. The first kappa shape index (κ1) is 17.3. The molecule has 1 aromatic carbocycles. The summed E-state index contributed by atoms with van der Waals surface area (Å²) in [7, 11) is -3.33. The summed E-state index contributed by atoms with van der Waals surface area (Å²) in [4.78, 5) is 0. The van der Waals surface area contributed by atoms with E-state index in [2.05, 4.69) is 47.7 Å². The van der Waals surface area contributed by atoms with Crippen LogP contribution in [0.1, 0.15) is 46.1 Å². The molecule has 2 N–H and O–H groups in total. The van der Waals surface area contributed by atoms with Crippen molar-refractivity contribution in [1.82, 2.24) is 0 Å². The van der Waals surface area contributed by atoms with E-state index in [1.54, 1.807) is 6.07 Å². The van der Waals surface area contributed by atoms with Gasteiger partial charge in [-0.3, -0.25) is 0 Å². The first-order chi connectivity index (χ1) is 8.95. The van der Waals surface area contributed by atoms with Gasteiger partial charge in [-0.1, -0.05) is 46.8 Å². The maximum Gasteiger partial charge on any atom is 0.488 e. The van der Waals surface area contributed by atoms with Crippen molar-refractivity contribution in [2.45, 2.75) is 58.7 Å². The Kier molecular flexibility index (Phi) is 5.11. The van der Waals surface area contributed by atoms with Gasteiger partial charge in [0.25, 0.3) is 0 Å². The average molecular weight is 294 g/mol. The second kappa shape index (κ2) is 5.92. The monoisotopic (exact) mass is 294 g/mol. The van der Waals surface area contributed by atoms with Crippen LogP contribution in [0, 0.1) is 0 Å². The van der Waals surface area contributed by atoms with Crippen molar-refractivity contribution in [2.24, 2.45) is 0 Å². The Morgan fingerprint density at radius 3 is 2.10 bits per heavy atom. The standard InChI is InChI=1S/C15H27BO3Si/c1-11(2)13-10-12(16(17)18)8-9-14(13)19-20(6,7)15(3,4)5/h8-11,17-18H,1-7H3. The Morgan fingerprint density at radius 1 is 1.15 bits per heavy atom. The lowest BCUT2D eigenvalue weighted by Gasteiger charge is -2.37. The normalized spacial score (nSPS) is 12.7. The van der Waals surface area contributed by atoms with Gasteiger partial charge in [-0.05, 0) is 41.1 Å². The summed E-state index contributed by atoms with van der Waals surface area (Å²) >= 11 is 0. The van der Waals surface area contributed by atoms with Crippen molar-refractivity contribution >= 4 is 20.9 Å². The molecule has 0 aromatic heterocycles. The molecule has 0 saturated heterocycles. The minimum Gasteiger partial charge on any atom is -0.543 e. The molecule has 0 aliphatic heterocycles. The van der Waals surface area contributed by atoms with Crippen LogP contribution in [-0.2, 0) is 0 Å². The molecule has 112 valence electrons. The molecular weight excluding hydrogens is 267 g/mol. The van der Waals surface area contributed by atoms with Crippen molar-refractivity contribution in [2.75, 3.05) is 0 Å². The molecule has 0 spiro atoms.